The summed E-state index contributed by atoms with van der Waals surface area (Å²) in [6.45, 7) is 5.64. The number of aryl methyl sites for hydroxylation is 1. The van der Waals surface area contributed by atoms with Crippen molar-refractivity contribution in [1.82, 2.24) is 14.5 Å². The van der Waals surface area contributed by atoms with Gasteiger partial charge in [-0.1, -0.05) is 53.3 Å². The fourth-order valence-electron chi connectivity index (χ4n) is 4.19. The summed E-state index contributed by atoms with van der Waals surface area (Å²) < 4.78 is 26.9. The standard InChI is InChI=1S/C28H22ClFN4O4S/c1-4-37-26(36)22-16(3)32-28-34(23(22)18-10-8-15(2)9-11-18)25(35)21(39-28)13-17-6-5-7-19(12-17)38-24-20(30)14-31-27(29)33-24/h5-14,23H,4H2,1-3H3/b21-13-. The number of hydrogen-bond donors (Lipinski definition) is 0. The van der Waals surface area contributed by atoms with Crippen LogP contribution in [0.5, 0.6) is 11.6 Å². The summed E-state index contributed by atoms with van der Waals surface area (Å²) in [6, 6.07) is 13.7. The third kappa shape index (κ3) is 5.39. The highest BCUT2D eigenvalue weighted by Crippen LogP contribution is 2.31. The number of ether oxygens (including phenoxy) is 2. The van der Waals surface area contributed by atoms with Crippen molar-refractivity contribution in [3.8, 4) is 11.6 Å². The number of aromatic nitrogens is 3. The van der Waals surface area contributed by atoms with Gasteiger partial charge in [0.15, 0.2) is 4.80 Å². The molecule has 0 aliphatic carbocycles. The Kier molecular flexibility index (Phi) is 7.40. The highest BCUT2D eigenvalue weighted by Gasteiger charge is 2.33. The first kappa shape index (κ1) is 26.5. The zero-order chi connectivity index (χ0) is 27.7. The molecule has 1 atom stereocenters. The van der Waals surface area contributed by atoms with Crippen molar-refractivity contribution in [2.45, 2.75) is 26.8 Å². The molecule has 39 heavy (non-hydrogen) atoms. The first-order valence-corrected chi connectivity index (χ1v) is 13.2. The second-order valence-corrected chi connectivity index (χ2v) is 10.0. The first-order chi connectivity index (χ1) is 18.7. The van der Waals surface area contributed by atoms with Crippen molar-refractivity contribution < 1.29 is 18.7 Å². The Morgan fingerprint density at radius 3 is 2.72 bits per heavy atom. The number of rotatable bonds is 6. The van der Waals surface area contributed by atoms with E-state index in [-0.39, 0.29) is 23.3 Å². The molecule has 0 bridgehead atoms. The van der Waals surface area contributed by atoms with Crippen LogP contribution in [0, 0.1) is 12.7 Å². The van der Waals surface area contributed by atoms with Gasteiger partial charge in [-0.25, -0.2) is 14.8 Å². The van der Waals surface area contributed by atoms with Crippen molar-refractivity contribution >= 4 is 35.0 Å². The van der Waals surface area contributed by atoms with Crippen LogP contribution in [-0.4, -0.2) is 27.1 Å². The molecule has 0 fully saturated rings. The van der Waals surface area contributed by atoms with Crippen LogP contribution in [0.2, 0.25) is 5.28 Å². The Balaban J connectivity index is 1.60. The van der Waals surface area contributed by atoms with Crippen LogP contribution in [0.1, 0.15) is 36.6 Å². The van der Waals surface area contributed by atoms with Gasteiger partial charge in [-0.2, -0.15) is 9.37 Å². The minimum Gasteiger partial charge on any atom is -0.463 e. The van der Waals surface area contributed by atoms with E-state index in [1.54, 1.807) is 44.2 Å². The van der Waals surface area contributed by atoms with Crippen LogP contribution in [0.4, 0.5) is 4.39 Å². The lowest BCUT2D eigenvalue weighted by Gasteiger charge is -2.24. The molecule has 4 aromatic rings. The van der Waals surface area contributed by atoms with Crippen LogP contribution in [-0.2, 0) is 9.53 Å². The highest BCUT2D eigenvalue weighted by molar-refractivity contribution is 7.07. The number of carbonyl (C=O) groups excluding carboxylic acids is 1. The predicted octanol–water partition coefficient (Wildman–Crippen LogP) is 4.48. The molecule has 0 saturated carbocycles. The van der Waals surface area contributed by atoms with Crippen LogP contribution < -0.4 is 19.6 Å². The highest BCUT2D eigenvalue weighted by atomic mass is 35.5. The Labute approximate surface area is 231 Å². The van der Waals surface area contributed by atoms with Gasteiger partial charge in [0.05, 0.1) is 34.6 Å². The molecule has 11 heteroatoms. The minimum atomic E-state index is -0.762. The molecule has 8 nitrogen and oxygen atoms in total. The largest absolute Gasteiger partial charge is 0.463 e. The molecule has 2 aromatic heterocycles. The molecule has 1 aliphatic heterocycles. The van der Waals surface area contributed by atoms with E-state index in [0.717, 1.165) is 17.3 Å². The lowest BCUT2D eigenvalue weighted by Crippen LogP contribution is -2.39. The number of hydrogen-bond acceptors (Lipinski definition) is 8. The normalized spacial score (nSPS) is 15.1. The molecule has 2 aromatic carbocycles. The molecule has 0 saturated heterocycles. The summed E-state index contributed by atoms with van der Waals surface area (Å²) in [6.07, 6.45) is 2.61. The molecular weight excluding hydrogens is 543 g/mol. The Hall–Kier alpha value is -4.15. The van der Waals surface area contributed by atoms with Gasteiger partial charge in [-0.05, 0) is 61.7 Å². The van der Waals surface area contributed by atoms with E-state index in [1.807, 2.05) is 31.2 Å². The fraction of sp³-hybridized carbons (Fsp3) is 0.179. The summed E-state index contributed by atoms with van der Waals surface area (Å²) >= 11 is 6.96. The Morgan fingerprint density at radius 2 is 1.97 bits per heavy atom. The first-order valence-electron chi connectivity index (χ1n) is 12.0. The molecular formula is C28H22ClFN4O4S. The monoisotopic (exact) mass is 564 g/mol. The summed E-state index contributed by atoms with van der Waals surface area (Å²) in [4.78, 5) is 39.1. The van der Waals surface area contributed by atoms with Crippen LogP contribution in [0.3, 0.4) is 0 Å². The summed E-state index contributed by atoms with van der Waals surface area (Å²) in [5.41, 5.74) is 2.96. The van der Waals surface area contributed by atoms with Gasteiger partial charge in [0, 0.05) is 0 Å². The van der Waals surface area contributed by atoms with Crippen LogP contribution in [0.15, 0.2) is 75.8 Å². The number of esters is 1. The van der Waals surface area contributed by atoms with E-state index < -0.39 is 17.8 Å². The van der Waals surface area contributed by atoms with Gasteiger partial charge < -0.3 is 9.47 Å². The van der Waals surface area contributed by atoms with Crippen LogP contribution in [0.25, 0.3) is 6.08 Å². The zero-order valence-corrected chi connectivity index (χ0v) is 22.7. The van der Waals surface area contributed by atoms with Crippen molar-refractivity contribution in [2.24, 2.45) is 4.99 Å². The second-order valence-electron chi connectivity index (χ2n) is 8.68. The predicted molar refractivity (Wildman–Crippen MR) is 145 cm³/mol. The molecule has 0 radical (unpaired) electrons. The average Bonchev–Trinajstić information content (AvgIpc) is 3.20. The number of benzene rings is 2. The average molecular weight is 565 g/mol. The quantitative estimate of drug-likeness (QED) is 0.253. The van der Waals surface area contributed by atoms with Crippen molar-refractivity contribution in [3.63, 3.8) is 0 Å². The van der Waals surface area contributed by atoms with E-state index in [1.165, 1.54) is 15.9 Å². The van der Waals surface area contributed by atoms with Crippen molar-refractivity contribution in [3.05, 3.63) is 113 Å². The molecule has 198 valence electrons. The van der Waals surface area contributed by atoms with E-state index in [9.17, 15) is 14.0 Å². The van der Waals surface area contributed by atoms with Gasteiger partial charge in [-0.15, -0.1) is 0 Å². The fourth-order valence-corrected chi connectivity index (χ4v) is 5.36. The Bertz CT molecular complexity index is 1800. The number of thiazole rings is 1. The van der Waals surface area contributed by atoms with Gasteiger partial charge in [0.2, 0.25) is 11.1 Å². The smallest absolute Gasteiger partial charge is 0.338 e. The molecule has 0 N–H and O–H groups in total. The molecule has 0 spiro atoms. The number of halogens is 2. The van der Waals surface area contributed by atoms with E-state index in [2.05, 4.69) is 15.0 Å². The molecule has 0 amide bonds. The van der Waals surface area contributed by atoms with E-state index in [4.69, 9.17) is 21.1 Å². The maximum atomic E-state index is 14.0. The maximum absolute atomic E-state index is 14.0. The van der Waals surface area contributed by atoms with Gasteiger partial charge >= 0.3 is 5.97 Å². The molecule has 1 aliphatic rings. The lowest BCUT2D eigenvalue weighted by atomic mass is 9.95. The lowest BCUT2D eigenvalue weighted by molar-refractivity contribution is -0.139. The van der Waals surface area contributed by atoms with Crippen LogP contribution >= 0.6 is 22.9 Å². The topological polar surface area (TPSA) is 95.7 Å². The number of allylic oxidation sites excluding steroid dienone is 1. The number of carbonyl (C=O) groups is 1. The SMILES string of the molecule is CCOC(=O)C1=C(C)N=c2s/c(=C\c3cccc(Oc4nc(Cl)ncc4F)c3)c(=O)n2C1c1ccc(C)cc1. The molecule has 5 rings (SSSR count). The molecule has 1 unspecified atom stereocenters. The van der Waals surface area contributed by atoms with Gasteiger partial charge in [0.1, 0.15) is 5.75 Å². The van der Waals surface area contributed by atoms with Gasteiger partial charge in [-0.3, -0.25) is 9.36 Å². The Morgan fingerprint density at radius 1 is 1.21 bits per heavy atom. The van der Waals surface area contributed by atoms with Crippen molar-refractivity contribution in [1.29, 1.82) is 0 Å². The van der Waals surface area contributed by atoms with Crippen molar-refractivity contribution in [2.75, 3.05) is 6.61 Å². The summed E-state index contributed by atoms with van der Waals surface area (Å²) in [5.74, 6) is -1.29. The number of nitrogens with zero attached hydrogens (tertiary/aromatic N) is 4. The van der Waals surface area contributed by atoms with E-state index >= 15 is 0 Å². The third-order valence-corrected chi connectivity index (χ3v) is 7.13. The van der Waals surface area contributed by atoms with Gasteiger partial charge in [0.25, 0.3) is 11.4 Å². The summed E-state index contributed by atoms with van der Waals surface area (Å²) in [7, 11) is 0. The zero-order valence-electron chi connectivity index (χ0n) is 21.1. The second kappa shape index (κ2) is 10.9. The molecule has 3 heterocycles. The maximum Gasteiger partial charge on any atom is 0.338 e. The summed E-state index contributed by atoms with van der Waals surface area (Å²) in [5, 5.41) is -0.149. The third-order valence-electron chi connectivity index (χ3n) is 5.96. The van der Waals surface area contributed by atoms with E-state index in [0.29, 0.717) is 31.9 Å². The minimum absolute atomic E-state index is 0.149. The number of fused-ring (bicyclic) bond motifs is 1.